The number of aryl methyl sites for hydroxylation is 1. The van der Waals surface area contributed by atoms with E-state index in [1.807, 2.05) is 25.3 Å². The van der Waals surface area contributed by atoms with Crippen molar-refractivity contribution in [3.8, 4) is 0 Å². The third-order valence-electron chi connectivity index (χ3n) is 4.26. The predicted octanol–water partition coefficient (Wildman–Crippen LogP) is 1.00. The Bertz CT molecular complexity index is 900. The molecule has 1 atom stereocenters. The Morgan fingerprint density at radius 2 is 2.08 bits per heavy atom. The first kappa shape index (κ1) is 18.0. The van der Waals surface area contributed by atoms with Crippen LogP contribution in [0.25, 0.3) is 5.65 Å². The van der Waals surface area contributed by atoms with Gasteiger partial charge in [0.05, 0.1) is 5.56 Å². The number of nitrogens with zero attached hydrogens (tertiary/aromatic N) is 6. The normalized spacial score (nSPS) is 12.7. The molecular weight excluding hydrogens is 334 g/mol. The van der Waals surface area contributed by atoms with E-state index in [1.54, 1.807) is 29.1 Å². The first-order valence-corrected chi connectivity index (χ1v) is 8.69. The molecule has 0 saturated carbocycles. The molecule has 9 heteroatoms. The molecule has 2 N–H and O–H groups in total. The molecule has 0 aromatic carbocycles. The van der Waals surface area contributed by atoms with Crippen LogP contribution in [0.3, 0.4) is 0 Å². The fourth-order valence-electron chi connectivity index (χ4n) is 2.67. The second kappa shape index (κ2) is 7.61. The smallest absolute Gasteiger partial charge is 0.252 e. The van der Waals surface area contributed by atoms with Crippen LogP contribution in [-0.4, -0.2) is 46.9 Å². The Balaban J connectivity index is 1.71. The second-order valence-corrected chi connectivity index (χ2v) is 6.43. The van der Waals surface area contributed by atoms with Crippen LogP contribution in [0, 0.1) is 5.92 Å². The van der Waals surface area contributed by atoms with Gasteiger partial charge in [-0.2, -0.15) is 0 Å². The van der Waals surface area contributed by atoms with Crippen molar-refractivity contribution < 1.29 is 9.90 Å². The number of hydrogen-bond acceptors (Lipinski definition) is 6. The van der Waals surface area contributed by atoms with E-state index in [4.69, 9.17) is 0 Å². The minimum absolute atomic E-state index is 0.00389. The molecule has 3 aromatic heterocycles. The Morgan fingerprint density at radius 1 is 1.27 bits per heavy atom. The second-order valence-electron chi connectivity index (χ2n) is 6.43. The highest BCUT2D eigenvalue weighted by Crippen LogP contribution is 2.20. The summed E-state index contributed by atoms with van der Waals surface area (Å²) in [5, 5.41) is 29.2. The number of hydrogen-bond donors (Lipinski definition) is 2. The van der Waals surface area contributed by atoms with Crippen molar-refractivity contribution in [3.05, 3.63) is 41.9 Å². The molecule has 3 heterocycles. The van der Waals surface area contributed by atoms with E-state index in [9.17, 15) is 9.90 Å². The zero-order valence-corrected chi connectivity index (χ0v) is 15.1. The molecule has 1 amide bonds. The topological polar surface area (TPSA) is 110 Å². The van der Waals surface area contributed by atoms with Crippen molar-refractivity contribution in [3.63, 3.8) is 0 Å². The number of aromatic nitrogens is 6. The number of amides is 1. The standard InChI is InChI=1S/C17H23N7O2/c1-4-23-10-19-20-13(23)7-8-18-17(26)12-5-6-14-21-22-16(24(14)9-12)15(25)11(2)3/h5-6,9-11,15,25H,4,7-8H2,1-3H3,(H,18,26). The highest BCUT2D eigenvalue weighted by molar-refractivity contribution is 5.94. The lowest BCUT2D eigenvalue weighted by molar-refractivity contribution is 0.0952. The van der Waals surface area contributed by atoms with Crippen molar-refractivity contribution in [2.75, 3.05) is 6.54 Å². The summed E-state index contributed by atoms with van der Waals surface area (Å²) in [6, 6.07) is 3.41. The van der Waals surface area contributed by atoms with Crippen LogP contribution in [0.2, 0.25) is 0 Å². The third-order valence-corrected chi connectivity index (χ3v) is 4.26. The Morgan fingerprint density at radius 3 is 2.81 bits per heavy atom. The molecule has 3 rings (SSSR count). The summed E-state index contributed by atoms with van der Waals surface area (Å²) >= 11 is 0. The number of pyridine rings is 1. The summed E-state index contributed by atoms with van der Waals surface area (Å²) in [6.07, 6.45) is 3.19. The van der Waals surface area contributed by atoms with E-state index in [0.717, 1.165) is 12.4 Å². The molecule has 0 aliphatic rings. The zero-order valence-electron chi connectivity index (χ0n) is 15.1. The largest absolute Gasteiger partial charge is 0.385 e. The molecule has 3 aromatic rings. The molecular formula is C17H23N7O2. The molecule has 9 nitrogen and oxygen atoms in total. The maximum atomic E-state index is 12.4. The van der Waals surface area contributed by atoms with Gasteiger partial charge in [-0.05, 0) is 25.0 Å². The van der Waals surface area contributed by atoms with Gasteiger partial charge in [0.2, 0.25) is 0 Å². The van der Waals surface area contributed by atoms with E-state index in [0.29, 0.717) is 30.0 Å². The Kier molecular flexibility index (Phi) is 5.27. The number of fused-ring (bicyclic) bond motifs is 1. The fourth-order valence-corrected chi connectivity index (χ4v) is 2.67. The summed E-state index contributed by atoms with van der Waals surface area (Å²) < 4.78 is 3.60. The number of nitrogens with one attached hydrogen (secondary N) is 1. The van der Waals surface area contributed by atoms with Crippen LogP contribution in [-0.2, 0) is 13.0 Å². The lowest BCUT2D eigenvalue weighted by Gasteiger charge is -2.12. The van der Waals surface area contributed by atoms with Gasteiger partial charge in [-0.1, -0.05) is 13.8 Å². The van der Waals surface area contributed by atoms with Gasteiger partial charge >= 0.3 is 0 Å². The van der Waals surface area contributed by atoms with Gasteiger partial charge in [0.1, 0.15) is 18.3 Å². The van der Waals surface area contributed by atoms with Gasteiger partial charge in [0, 0.05) is 25.7 Å². The zero-order chi connectivity index (χ0) is 18.7. The van der Waals surface area contributed by atoms with Crippen LogP contribution in [0.15, 0.2) is 24.7 Å². The van der Waals surface area contributed by atoms with Gasteiger partial charge in [-0.3, -0.25) is 9.20 Å². The van der Waals surface area contributed by atoms with Crippen molar-refractivity contribution >= 4 is 11.6 Å². The number of carbonyl (C=O) groups is 1. The molecule has 0 bridgehead atoms. The van der Waals surface area contributed by atoms with E-state index in [-0.39, 0.29) is 11.8 Å². The number of carbonyl (C=O) groups excluding carboxylic acids is 1. The van der Waals surface area contributed by atoms with Gasteiger partial charge in [0.15, 0.2) is 11.5 Å². The van der Waals surface area contributed by atoms with E-state index >= 15 is 0 Å². The van der Waals surface area contributed by atoms with E-state index in [1.165, 1.54) is 0 Å². The highest BCUT2D eigenvalue weighted by Gasteiger charge is 2.19. The quantitative estimate of drug-likeness (QED) is 0.653. The van der Waals surface area contributed by atoms with Crippen LogP contribution in [0.4, 0.5) is 0 Å². The average Bonchev–Trinajstić information content (AvgIpc) is 3.26. The Labute approximate surface area is 151 Å². The summed E-state index contributed by atoms with van der Waals surface area (Å²) in [5.74, 6) is 1.06. The molecule has 0 spiro atoms. The van der Waals surface area contributed by atoms with Crippen LogP contribution in [0.5, 0.6) is 0 Å². The fraction of sp³-hybridized carbons (Fsp3) is 0.471. The minimum atomic E-state index is -0.747. The first-order valence-electron chi connectivity index (χ1n) is 8.69. The van der Waals surface area contributed by atoms with Gasteiger partial charge in [-0.25, -0.2) is 0 Å². The SMILES string of the molecule is CCn1cnnc1CCNC(=O)c1ccc2nnc(C(O)C(C)C)n2c1. The number of aliphatic hydroxyl groups is 1. The summed E-state index contributed by atoms with van der Waals surface area (Å²) in [4.78, 5) is 12.4. The van der Waals surface area contributed by atoms with Gasteiger partial charge in [-0.15, -0.1) is 20.4 Å². The number of rotatable bonds is 7. The first-order chi connectivity index (χ1) is 12.5. The van der Waals surface area contributed by atoms with Crippen LogP contribution >= 0.6 is 0 Å². The van der Waals surface area contributed by atoms with E-state index in [2.05, 4.69) is 25.7 Å². The molecule has 1 unspecified atom stereocenters. The summed E-state index contributed by atoms with van der Waals surface area (Å²) in [5.41, 5.74) is 1.07. The molecule has 138 valence electrons. The van der Waals surface area contributed by atoms with Crippen molar-refractivity contribution in [2.24, 2.45) is 5.92 Å². The van der Waals surface area contributed by atoms with Crippen molar-refractivity contribution in [2.45, 2.75) is 39.8 Å². The molecule has 0 fully saturated rings. The Hall–Kier alpha value is -2.81. The summed E-state index contributed by atoms with van der Waals surface area (Å²) in [7, 11) is 0. The predicted molar refractivity (Wildman–Crippen MR) is 94.5 cm³/mol. The third kappa shape index (κ3) is 3.57. The lowest BCUT2D eigenvalue weighted by Crippen LogP contribution is -2.26. The average molecular weight is 357 g/mol. The molecule has 0 aliphatic carbocycles. The van der Waals surface area contributed by atoms with Gasteiger partial charge in [0.25, 0.3) is 5.91 Å². The monoisotopic (exact) mass is 357 g/mol. The molecule has 0 radical (unpaired) electrons. The van der Waals surface area contributed by atoms with Gasteiger partial charge < -0.3 is 15.0 Å². The minimum Gasteiger partial charge on any atom is -0.385 e. The van der Waals surface area contributed by atoms with Crippen LogP contribution in [0.1, 0.15) is 48.9 Å². The van der Waals surface area contributed by atoms with Crippen LogP contribution < -0.4 is 5.32 Å². The molecule has 26 heavy (non-hydrogen) atoms. The molecule has 0 saturated heterocycles. The van der Waals surface area contributed by atoms with Crippen molar-refractivity contribution in [1.29, 1.82) is 0 Å². The lowest BCUT2D eigenvalue weighted by atomic mass is 10.1. The van der Waals surface area contributed by atoms with Crippen molar-refractivity contribution in [1.82, 2.24) is 34.7 Å². The summed E-state index contributed by atoms with van der Waals surface area (Å²) in [6.45, 7) is 7.07. The van der Waals surface area contributed by atoms with E-state index < -0.39 is 6.10 Å². The molecule has 0 aliphatic heterocycles. The maximum Gasteiger partial charge on any atom is 0.252 e. The highest BCUT2D eigenvalue weighted by atomic mass is 16.3. The number of aliphatic hydroxyl groups excluding tert-OH is 1. The maximum absolute atomic E-state index is 12.4.